The number of hydrogen-bond donors (Lipinski definition) is 2. The highest BCUT2D eigenvalue weighted by molar-refractivity contribution is 6.02. The van der Waals surface area contributed by atoms with Gasteiger partial charge in [-0.15, -0.1) is 13.0 Å². The number of aromatic nitrogens is 1. The van der Waals surface area contributed by atoms with E-state index in [9.17, 15) is 0 Å². The molecule has 8 rings (SSSR count). The standard InChI is InChI=1S/C49H46N2.C11H11N3.C3H6/c1-3-39(40-21-10-6-11-22-40)36-47(49-37(2)46-25-14-15-26-48(46)51(49)45-23-12-7-13-24-45)43-29-27-41(28-30-43)42-31-33-44(34-32-42)50-35-17-16-20-38-18-8-4-5-9-19-38;1-3-9-4-6-10(7-5-9)11(13-2)14-8-12;1-3-2/h3-4,6-19,21-33,36,44,50H,5,20,34-35H2,1-2H3;1,4-8H,2H3,(H2,12,13,14);3H,1H2,2H3/b17-16-,39-3+,47-36-;;. The molecule has 1 unspecified atom stereocenters. The monoisotopic (exact) mass is 890 g/mol. The summed E-state index contributed by atoms with van der Waals surface area (Å²) >= 11 is 0. The lowest BCUT2D eigenvalue weighted by Gasteiger charge is -2.19. The van der Waals surface area contributed by atoms with Crippen molar-refractivity contribution < 1.29 is 0 Å². The van der Waals surface area contributed by atoms with Crippen molar-refractivity contribution in [1.82, 2.24) is 9.88 Å². The molecule has 0 aliphatic heterocycles. The van der Waals surface area contributed by atoms with Crippen molar-refractivity contribution in [2.45, 2.75) is 46.1 Å². The Hall–Kier alpha value is -8.04. The van der Waals surface area contributed by atoms with E-state index >= 15 is 0 Å². The molecule has 0 fully saturated rings. The van der Waals surface area contributed by atoms with Crippen LogP contribution in [0.1, 0.15) is 72.2 Å². The van der Waals surface area contributed by atoms with Crippen LogP contribution >= 0.6 is 0 Å². The maximum Gasteiger partial charge on any atom is 0.155 e. The SMILES string of the molecule is C#Cc1ccc(C(N=CN)=NC)cc1.C/C=C(\C=C(\c1ccc(C2=CCC(NC/C=C\CC3=CC=CCC=C3)C=C2)cc1)c1c(C)c2ccccc2n1-c1ccccc1)c1ccccc1.C=CC. The summed E-state index contributed by atoms with van der Waals surface area (Å²) in [5.41, 5.74) is 20.4. The van der Waals surface area contributed by atoms with Gasteiger partial charge < -0.3 is 15.6 Å². The van der Waals surface area contributed by atoms with E-state index < -0.39 is 0 Å². The number of nitrogens with two attached hydrogens (primary N) is 1. The molecule has 0 spiro atoms. The zero-order valence-corrected chi connectivity index (χ0v) is 39.9. The number of aliphatic imine (C=N–C) groups is 2. The van der Waals surface area contributed by atoms with Gasteiger partial charge in [0, 0.05) is 47.4 Å². The van der Waals surface area contributed by atoms with Gasteiger partial charge in [-0.25, -0.2) is 4.99 Å². The van der Waals surface area contributed by atoms with E-state index in [2.05, 4.69) is 228 Å². The lowest BCUT2D eigenvalue weighted by Crippen LogP contribution is -2.27. The van der Waals surface area contributed by atoms with Crippen LogP contribution in [0.3, 0.4) is 0 Å². The smallest absolute Gasteiger partial charge is 0.155 e. The Kier molecular flexibility index (Phi) is 19.0. The largest absolute Gasteiger partial charge is 0.390 e. The van der Waals surface area contributed by atoms with E-state index in [0.29, 0.717) is 11.9 Å². The highest BCUT2D eigenvalue weighted by atomic mass is 15.0. The molecule has 0 saturated heterocycles. The average Bonchev–Trinajstić information content (AvgIpc) is 3.49. The Bertz CT molecular complexity index is 2950. The lowest BCUT2D eigenvalue weighted by atomic mass is 9.92. The third-order valence-electron chi connectivity index (χ3n) is 11.5. The summed E-state index contributed by atoms with van der Waals surface area (Å²) in [6.07, 6.45) is 38.2. The van der Waals surface area contributed by atoms with Gasteiger partial charge in [0.1, 0.15) is 0 Å². The molecule has 2 aliphatic rings. The fourth-order valence-electron chi connectivity index (χ4n) is 8.13. The first kappa shape index (κ1) is 49.4. The highest BCUT2D eigenvalue weighted by Gasteiger charge is 2.21. The molecule has 1 aromatic heterocycles. The molecule has 0 bridgehead atoms. The second kappa shape index (κ2) is 26.2. The number of aryl methyl sites for hydroxylation is 1. The summed E-state index contributed by atoms with van der Waals surface area (Å²) < 4.78 is 2.43. The molecule has 1 heterocycles. The van der Waals surface area contributed by atoms with Gasteiger partial charge in [-0.05, 0) is 128 Å². The van der Waals surface area contributed by atoms with Gasteiger partial charge in [-0.3, -0.25) is 4.99 Å². The molecular formula is C63H63N5. The van der Waals surface area contributed by atoms with Crippen LogP contribution in [0.15, 0.2) is 235 Å². The molecule has 0 radical (unpaired) electrons. The highest BCUT2D eigenvalue weighted by Crippen LogP contribution is 2.38. The lowest BCUT2D eigenvalue weighted by molar-refractivity contribution is 0.638. The Morgan fingerprint density at radius 1 is 0.838 bits per heavy atom. The Morgan fingerprint density at radius 3 is 2.19 bits per heavy atom. The first-order chi connectivity index (χ1) is 33.4. The summed E-state index contributed by atoms with van der Waals surface area (Å²) in [5.74, 6) is 3.13. The minimum absolute atomic E-state index is 0.340. The molecule has 3 N–H and O–H groups in total. The number of allylic oxidation sites excluding steroid dienone is 13. The molecule has 5 nitrogen and oxygen atoms in total. The molecule has 0 saturated carbocycles. The fraction of sp³-hybridized carbons (Fsp3) is 0.143. The van der Waals surface area contributed by atoms with Crippen molar-refractivity contribution in [3.05, 3.63) is 264 Å². The first-order valence-electron chi connectivity index (χ1n) is 23.3. The van der Waals surface area contributed by atoms with Gasteiger partial charge in [0.2, 0.25) is 0 Å². The van der Waals surface area contributed by atoms with Crippen LogP contribution in [0.5, 0.6) is 0 Å². The van der Waals surface area contributed by atoms with Crippen LogP contribution in [-0.2, 0) is 0 Å². The second-order valence-electron chi connectivity index (χ2n) is 16.1. The normalized spacial score (nSPS) is 14.9. The molecule has 1 atom stereocenters. The number of benzene rings is 5. The molecule has 5 aromatic carbocycles. The predicted molar refractivity (Wildman–Crippen MR) is 295 cm³/mol. The van der Waals surface area contributed by atoms with Crippen LogP contribution in [-0.4, -0.2) is 36.4 Å². The van der Waals surface area contributed by atoms with Gasteiger partial charge in [-0.2, -0.15) is 0 Å². The van der Waals surface area contributed by atoms with Crippen LogP contribution in [0.25, 0.3) is 33.3 Å². The van der Waals surface area contributed by atoms with Crippen LogP contribution < -0.4 is 11.1 Å². The summed E-state index contributed by atoms with van der Waals surface area (Å²) in [6.45, 7) is 10.5. The van der Waals surface area contributed by atoms with E-state index in [-0.39, 0.29) is 0 Å². The molecule has 68 heavy (non-hydrogen) atoms. The van der Waals surface area contributed by atoms with Gasteiger partial charge in [-0.1, -0.05) is 170 Å². The van der Waals surface area contributed by atoms with Crippen LogP contribution in [0, 0.1) is 19.3 Å². The molecule has 2 aliphatic carbocycles. The minimum Gasteiger partial charge on any atom is -0.390 e. The third-order valence-corrected chi connectivity index (χ3v) is 11.5. The molecule has 340 valence electrons. The van der Waals surface area contributed by atoms with Crippen molar-refractivity contribution in [2.75, 3.05) is 13.6 Å². The number of hydrogen-bond acceptors (Lipinski definition) is 2. The minimum atomic E-state index is 0.340. The summed E-state index contributed by atoms with van der Waals surface area (Å²) in [4.78, 5) is 7.91. The second-order valence-corrected chi connectivity index (χ2v) is 16.1. The topological polar surface area (TPSA) is 67.7 Å². The molecule has 6 aromatic rings. The summed E-state index contributed by atoms with van der Waals surface area (Å²) in [7, 11) is 1.66. The van der Waals surface area contributed by atoms with Crippen molar-refractivity contribution in [3.8, 4) is 18.0 Å². The quantitative estimate of drug-likeness (QED) is 0.0423. The average molecular weight is 890 g/mol. The number of fused-ring (bicyclic) bond motifs is 1. The van der Waals surface area contributed by atoms with Crippen molar-refractivity contribution in [2.24, 2.45) is 15.7 Å². The van der Waals surface area contributed by atoms with Gasteiger partial charge in [0.15, 0.2) is 5.84 Å². The zero-order chi connectivity index (χ0) is 47.9. The van der Waals surface area contributed by atoms with E-state index in [1.54, 1.807) is 13.1 Å². The molecule has 5 heteroatoms. The summed E-state index contributed by atoms with van der Waals surface area (Å²) in [5, 5.41) is 4.94. The fourth-order valence-corrected chi connectivity index (χ4v) is 8.13. The van der Waals surface area contributed by atoms with Crippen molar-refractivity contribution in [1.29, 1.82) is 0 Å². The summed E-state index contributed by atoms with van der Waals surface area (Å²) in [6, 6.07) is 47.1. The Morgan fingerprint density at radius 2 is 1.53 bits per heavy atom. The third kappa shape index (κ3) is 13.3. The van der Waals surface area contributed by atoms with E-state index in [4.69, 9.17) is 12.2 Å². The van der Waals surface area contributed by atoms with Crippen LogP contribution in [0.2, 0.25) is 0 Å². The van der Waals surface area contributed by atoms with Gasteiger partial charge >= 0.3 is 0 Å². The van der Waals surface area contributed by atoms with Gasteiger partial charge in [0.05, 0.1) is 17.5 Å². The number of rotatable bonds is 12. The first-order valence-corrected chi connectivity index (χ1v) is 23.3. The van der Waals surface area contributed by atoms with Crippen molar-refractivity contribution in [3.63, 3.8) is 0 Å². The number of amidine groups is 1. The number of nitrogens with one attached hydrogen (secondary N) is 1. The predicted octanol–water partition coefficient (Wildman–Crippen LogP) is 14.4. The Balaban J connectivity index is 0.000000380. The number of para-hydroxylation sites is 2. The van der Waals surface area contributed by atoms with E-state index in [1.165, 1.54) is 67.5 Å². The van der Waals surface area contributed by atoms with Crippen molar-refractivity contribution >= 4 is 39.8 Å². The van der Waals surface area contributed by atoms with Crippen LogP contribution in [0.4, 0.5) is 0 Å². The Labute approximate surface area is 405 Å². The number of nitrogens with zero attached hydrogens (tertiary/aromatic N) is 3. The maximum absolute atomic E-state index is 5.24. The maximum atomic E-state index is 5.24. The van der Waals surface area contributed by atoms with E-state index in [1.807, 2.05) is 31.2 Å². The zero-order valence-electron chi connectivity index (χ0n) is 39.9. The number of terminal acetylenes is 1. The molecule has 0 amide bonds. The molecular weight excluding hydrogens is 827 g/mol. The van der Waals surface area contributed by atoms with E-state index in [0.717, 1.165) is 42.6 Å². The van der Waals surface area contributed by atoms with Gasteiger partial charge in [0.25, 0.3) is 0 Å².